The molecule has 0 aliphatic rings. The van der Waals surface area contributed by atoms with E-state index in [1.165, 1.54) is 5.56 Å². The zero-order chi connectivity index (χ0) is 13.2. The molecule has 0 saturated heterocycles. The van der Waals surface area contributed by atoms with Crippen molar-refractivity contribution in [2.24, 2.45) is 0 Å². The predicted molar refractivity (Wildman–Crippen MR) is 73.3 cm³/mol. The molecule has 0 saturated carbocycles. The summed E-state index contributed by atoms with van der Waals surface area (Å²) in [7, 11) is 0. The third kappa shape index (κ3) is 3.20. The number of rotatable bonds is 3. The lowest BCUT2D eigenvalue weighted by molar-refractivity contribution is 0.421. The Bertz CT molecular complexity index is 523. The highest BCUT2D eigenvalue weighted by molar-refractivity contribution is 5.58. The van der Waals surface area contributed by atoms with Crippen LogP contribution in [0.1, 0.15) is 32.0 Å². The molecule has 0 atom stereocenters. The van der Waals surface area contributed by atoms with Crippen LogP contribution in [-0.2, 0) is 6.54 Å². The summed E-state index contributed by atoms with van der Waals surface area (Å²) in [6.07, 6.45) is 1.72. The number of hydrogen-bond donors (Lipinski definition) is 1. The van der Waals surface area contributed by atoms with Gasteiger partial charge in [-0.3, -0.25) is 0 Å². The monoisotopic (exact) mass is 244 g/mol. The molecule has 1 aromatic heterocycles. The molecule has 2 rings (SSSR count). The maximum absolute atomic E-state index is 5.55. The van der Waals surface area contributed by atoms with Gasteiger partial charge >= 0.3 is 0 Å². The van der Waals surface area contributed by atoms with E-state index in [-0.39, 0.29) is 5.54 Å². The van der Waals surface area contributed by atoms with Crippen molar-refractivity contribution in [3.05, 3.63) is 41.8 Å². The van der Waals surface area contributed by atoms with Crippen molar-refractivity contribution in [3.8, 4) is 11.5 Å². The van der Waals surface area contributed by atoms with Gasteiger partial charge in [-0.2, -0.15) is 0 Å². The lowest BCUT2D eigenvalue weighted by Crippen LogP contribution is -2.35. The molecule has 0 aliphatic carbocycles. The first-order chi connectivity index (χ1) is 8.46. The van der Waals surface area contributed by atoms with E-state index in [9.17, 15) is 0 Å². The fourth-order valence-corrected chi connectivity index (χ4v) is 1.68. The van der Waals surface area contributed by atoms with Crippen LogP contribution < -0.4 is 5.32 Å². The fourth-order valence-electron chi connectivity index (χ4n) is 1.68. The quantitative estimate of drug-likeness (QED) is 0.897. The minimum atomic E-state index is 0.0851. The molecule has 0 bridgehead atoms. The Kier molecular flexibility index (Phi) is 3.53. The molecule has 3 nitrogen and oxygen atoms in total. The first kappa shape index (κ1) is 12.8. The summed E-state index contributed by atoms with van der Waals surface area (Å²) < 4.78 is 5.55. The lowest BCUT2D eigenvalue weighted by atomic mass is 10.1. The van der Waals surface area contributed by atoms with Gasteiger partial charge in [0.15, 0.2) is 0 Å². The van der Waals surface area contributed by atoms with Gasteiger partial charge in [0.25, 0.3) is 0 Å². The van der Waals surface area contributed by atoms with E-state index >= 15 is 0 Å². The topological polar surface area (TPSA) is 38.1 Å². The van der Waals surface area contributed by atoms with Gasteiger partial charge in [-0.1, -0.05) is 18.2 Å². The third-order valence-electron chi connectivity index (χ3n) is 2.73. The first-order valence-electron chi connectivity index (χ1n) is 6.21. The maximum atomic E-state index is 5.55. The average Bonchev–Trinajstić information content (AvgIpc) is 2.75. The van der Waals surface area contributed by atoms with Gasteiger partial charge < -0.3 is 9.73 Å². The molecular weight excluding hydrogens is 224 g/mol. The maximum Gasteiger partial charge on any atom is 0.226 e. The number of hydrogen-bond acceptors (Lipinski definition) is 3. The van der Waals surface area contributed by atoms with Crippen LogP contribution in [-0.4, -0.2) is 10.5 Å². The Morgan fingerprint density at radius 1 is 1.22 bits per heavy atom. The standard InChI is InChI=1S/C15H20N2O/c1-11-7-5-6-8-13(11)14-17-12(10-18-14)9-16-15(2,3)4/h5-8,10,16H,9H2,1-4H3. The molecule has 0 unspecified atom stereocenters. The van der Waals surface area contributed by atoms with E-state index in [0.29, 0.717) is 5.89 Å². The van der Waals surface area contributed by atoms with Gasteiger partial charge in [0.1, 0.15) is 6.26 Å². The fraction of sp³-hybridized carbons (Fsp3) is 0.400. The minimum Gasteiger partial charge on any atom is -0.444 e. The van der Waals surface area contributed by atoms with Gasteiger partial charge in [0.05, 0.1) is 5.69 Å². The first-order valence-corrected chi connectivity index (χ1v) is 6.21. The molecule has 3 heteroatoms. The largest absolute Gasteiger partial charge is 0.444 e. The molecule has 96 valence electrons. The number of nitrogens with zero attached hydrogens (tertiary/aromatic N) is 1. The summed E-state index contributed by atoms with van der Waals surface area (Å²) in [5.41, 5.74) is 3.25. The van der Waals surface area contributed by atoms with Gasteiger partial charge in [-0.25, -0.2) is 4.98 Å². The van der Waals surface area contributed by atoms with Gasteiger partial charge in [0.2, 0.25) is 5.89 Å². The van der Waals surface area contributed by atoms with Crippen molar-refractivity contribution in [3.63, 3.8) is 0 Å². The molecule has 0 fully saturated rings. The Labute approximate surface area is 108 Å². The van der Waals surface area contributed by atoms with Gasteiger partial charge in [-0.15, -0.1) is 0 Å². The molecule has 2 aromatic rings. The minimum absolute atomic E-state index is 0.0851. The van der Waals surface area contributed by atoms with E-state index in [2.05, 4.69) is 44.1 Å². The van der Waals surface area contributed by atoms with E-state index < -0.39 is 0 Å². The lowest BCUT2D eigenvalue weighted by Gasteiger charge is -2.19. The highest BCUT2D eigenvalue weighted by Gasteiger charge is 2.12. The van der Waals surface area contributed by atoms with Crippen LogP contribution in [0.5, 0.6) is 0 Å². The highest BCUT2D eigenvalue weighted by atomic mass is 16.3. The third-order valence-corrected chi connectivity index (χ3v) is 2.73. The van der Waals surface area contributed by atoms with Crippen LogP contribution in [0.15, 0.2) is 34.9 Å². The summed E-state index contributed by atoms with van der Waals surface area (Å²) >= 11 is 0. The van der Waals surface area contributed by atoms with Crippen molar-refractivity contribution < 1.29 is 4.42 Å². The zero-order valence-electron chi connectivity index (χ0n) is 11.4. The normalized spacial score (nSPS) is 11.8. The zero-order valence-corrected chi connectivity index (χ0v) is 11.4. The molecular formula is C15H20N2O. The van der Waals surface area contributed by atoms with Crippen LogP contribution in [0.3, 0.4) is 0 Å². The summed E-state index contributed by atoms with van der Waals surface area (Å²) in [6, 6.07) is 8.11. The molecule has 18 heavy (non-hydrogen) atoms. The second kappa shape index (κ2) is 4.94. The molecule has 0 spiro atoms. The molecule has 1 aromatic carbocycles. The van der Waals surface area contributed by atoms with Crippen LogP contribution >= 0.6 is 0 Å². The summed E-state index contributed by atoms with van der Waals surface area (Å²) in [6.45, 7) is 9.19. The number of aromatic nitrogens is 1. The van der Waals surface area contributed by atoms with Crippen LogP contribution in [0, 0.1) is 6.92 Å². The molecule has 0 aliphatic heterocycles. The molecule has 0 radical (unpaired) electrons. The summed E-state index contributed by atoms with van der Waals surface area (Å²) in [5.74, 6) is 0.693. The van der Waals surface area contributed by atoms with Crippen molar-refractivity contribution in [2.45, 2.75) is 39.8 Å². The second-order valence-electron chi connectivity index (χ2n) is 5.56. The Hall–Kier alpha value is -1.61. The number of oxazole rings is 1. The smallest absolute Gasteiger partial charge is 0.226 e. The summed E-state index contributed by atoms with van der Waals surface area (Å²) in [4.78, 5) is 4.52. The second-order valence-corrected chi connectivity index (χ2v) is 5.56. The molecule has 1 heterocycles. The van der Waals surface area contributed by atoms with Crippen LogP contribution in [0.2, 0.25) is 0 Å². The summed E-state index contributed by atoms with van der Waals surface area (Å²) in [5, 5.41) is 3.40. The van der Waals surface area contributed by atoms with Crippen LogP contribution in [0.4, 0.5) is 0 Å². The van der Waals surface area contributed by atoms with Gasteiger partial charge in [-0.05, 0) is 39.3 Å². The Morgan fingerprint density at radius 2 is 1.94 bits per heavy atom. The van der Waals surface area contributed by atoms with Crippen molar-refractivity contribution in [1.82, 2.24) is 10.3 Å². The van der Waals surface area contributed by atoms with Gasteiger partial charge in [0, 0.05) is 17.6 Å². The van der Waals surface area contributed by atoms with E-state index in [1.54, 1.807) is 6.26 Å². The molecule has 1 N–H and O–H groups in total. The number of nitrogens with one attached hydrogen (secondary N) is 1. The van der Waals surface area contributed by atoms with Crippen molar-refractivity contribution >= 4 is 0 Å². The van der Waals surface area contributed by atoms with Crippen LogP contribution in [0.25, 0.3) is 11.5 Å². The van der Waals surface area contributed by atoms with E-state index in [4.69, 9.17) is 4.42 Å². The average molecular weight is 244 g/mol. The Morgan fingerprint density at radius 3 is 2.61 bits per heavy atom. The number of aryl methyl sites for hydroxylation is 1. The Balaban J connectivity index is 2.14. The molecule has 0 amide bonds. The number of benzene rings is 1. The van der Waals surface area contributed by atoms with Crippen molar-refractivity contribution in [1.29, 1.82) is 0 Å². The predicted octanol–water partition coefficient (Wildman–Crippen LogP) is 3.54. The highest BCUT2D eigenvalue weighted by Crippen LogP contribution is 2.22. The van der Waals surface area contributed by atoms with Crippen molar-refractivity contribution in [2.75, 3.05) is 0 Å². The van der Waals surface area contributed by atoms with E-state index in [1.807, 2.05) is 18.2 Å². The SMILES string of the molecule is Cc1ccccc1-c1nc(CNC(C)(C)C)co1. The van der Waals surface area contributed by atoms with E-state index in [0.717, 1.165) is 17.8 Å².